The van der Waals surface area contributed by atoms with Crippen LogP contribution >= 0.6 is 34.7 Å². The van der Waals surface area contributed by atoms with Gasteiger partial charge in [0.2, 0.25) is 6.10 Å². The van der Waals surface area contributed by atoms with Crippen LogP contribution in [-0.4, -0.2) is 45.3 Å². The average molecular weight is 454 g/mol. The molecule has 0 bridgehead atoms. The predicted octanol–water partition coefficient (Wildman–Crippen LogP) is 4.07. The van der Waals surface area contributed by atoms with Crippen molar-refractivity contribution in [1.29, 1.82) is 0 Å². The molecule has 4 rings (SSSR count). The van der Waals surface area contributed by atoms with Gasteiger partial charge in [0.1, 0.15) is 11.5 Å². The van der Waals surface area contributed by atoms with Gasteiger partial charge in [-0.15, -0.1) is 21.5 Å². The number of nitrogens with zero attached hydrogens (tertiary/aromatic N) is 4. The first-order valence-electron chi connectivity index (χ1n) is 9.89. The summed E-state index contributed by atoms with van der Waals surface area (Å²) in [6.45, 7) is 0.574. The summed E-state index contributed by atoms with van der Waals surface area (Å²) in [5, 5.41) is 16.7. The van der Waals surface area contributed by atoms with Crippen LogP contribution in [0.15, 0.2) is 22.4 Å². The van der Waals surface area contributed by atoms with Crippen molar-refractivity contribution >= 4 is 46.3 Å². The van der Waals surface area contributed by atoms with Crippen molar-refractivity contribution in [3.8, 4) is 0 Å². The van der Waals surface area contributed by atoms with Crippen molar-refractivity contribution in [3.05, 3.63) is 27.2 Å². The van der Waals surface area contributed by atoms with Gasteiger partial charge in [-0.2, -0.15) is 0 Å². The van der Waals surface area contributed by atoms with E-state index in [0.717, 1.165) is 34.4 Å². The van der Waals surface area contributed by atoms with E-state index in [1.807, 2.05) is 18.4 Å². The minimum absolute atomic E-state index is 0.131. The second-order valence-corrected chi connectivity index (χ2v) is 9.73. The summed E-state index contributed by atoms with van der Waals surface area (Å²) in [4.78, 5) is 18.7. The molecule has 2 aromatic heterocycles. The van der Waals surface area contributed by atoms with E-state index in [2.05, 4.69) is 25.2 Å². The lowest BCUT2D eigenvalue weighted by molar-refractivity contribution is -0.131. The van der Waals surface area contributed by atoms with Crippen molar-refractivity contribution in [2.45, 2.75) is 62.2 Å². The summed E-state index contributed by atoms with van der Waals surface area (Å²) >= 11 is 9.05. The molecule has 1 aliphatic carbocycles. The topological polar surface area (TPSA) is 81.4 Å². The fourth-order valence-electron chi connectivity index (χ4n) is 3.85. The quantitative estimate of drug-likeness (QED) is 0.481. The Bertz CT molecular complexity index is 891. The molecule has 0 radical (unpaired) electrons. The molecular formula is C19H24ClN5O2S2. The van der Waals surface area contributed by atoms with Crippen LogP contribution in [0.2, 0.25) is 4.34 Å². The number of amides is 1. The maximum atomic E-state index is 12.4. The number of hydrogen-bond donors (Lipinski definition) is 1. The Balaban J connectivity index is 1.24. The zero-order valence-corrected chi connectivity index (χ0v) is 18.7. The Kier molecular flexibility index (Phi) is 6.77. The van der Waals surface area contributed by atoms with Crippen LogP contribution in [0, 0.1) is 0 Å². The Morgan fingerprint density at radius 2 is 2.21 bits per heavy atom. The molecule has 2 aromatic rings. The van der Waals surface area contributed by atoms with Crippen molar-refractivity contribution in [3.63, 3.8) is 0 Å². The molecule has 3 heterocycles. The highest BCUT2D eigenvalue weighted by Gasteiger charge is 2.29. The first kappa shape index (κ1) is 20.7. The molecule has 0 spiro atoms. The summed E-state index contributed by atoms with van der Waals surface area (Å²) < 4.78 is 3.01. The minimum atomic E-state index is -0.573. The molecule has 1 aliphatic heterocycles. The lowest BCUT2D eigenvalue weighted by atomic mass is 10.1. The Morgan fingerprint density at radius 3 is 2.93 bits per heavy atom. The smallest absolute Gasteiger partial charge is 0.264 e. The number of carbonyl (C=O) groups is 1. The molecule has 1 atom stereocenters. The van der Waals surface area contributed by atoms with Gasteiger partial charge < -0.3 is 14.7 Å². The summed E-state index contributed by atoms with van der Waals surface area (Å²) in [5.74, 6) is 0.890. The number of rotatable bonds is 8. The van der Waals surface area contributed by atoms with Gasteiger partial charge in [-0.1, -0.05) is 41.4 Å². The Labute approximate surface area is 183 Å². The Hall–Kier alpha value is -1.58. The van der Waals surface area contributed by atoms with Crippen LogP contribution in [-0.2, 0) is 16.1 Å². The number of carbonyl (C=O) groups excluding carboxylic acids is 1. The SMILES string of the molecule is CSc1nnc(CCCNC(=O)C2CC(c3ccc(Cl)s3)=NO2)n1C1CCCC1. The fourth-order valence-corrected chi connectivity index (χ4v) is 5.46. The molecule has 1 fully saturated rings. The molecule has 0 saturated heterocycles. The van der Waals surface area contributed by atoms with Crippen LogP contribution in [0.4, 0.5) is 0 Å². The van der Waals surface area contributed by atoms with E-state index in [0.29, 0.717) is 23.3 Å². The molecule has 156 valence electrons. The van der Waals surface area contributed by atoms with Gasteiger partial charge in [0.05, 0.1) is 9.21 Å². The highest BCUT2D eigenvalue weighted by Crippen LogP contribution is 2.33. The van der Waals surface area contributed by atoms with Gasteiger partial charge in [-0.3, -0.25) is 4.79 Å². The molecule has 0 aromatic carbocycles. The fraction of sp³-hybridized carbons (Fsp3) is 0.579. The summed E-state index contributed by atoms with van der Waals surface area (Å²) in [7, 11) is 0. The molecule has 29 heavy (non-hydrogen) atoms. The molecule has 2 aliphatic rings. The van der Waals surface area contributed by atoms with Gasteiger partial charge in [-0.25, -0.2) is 0 Å². The highest BCUT2D eigenvalue weighted by atomic mass is 35.5. The average Bonchev–Trinajstić information content (AvgIpc) is 3.51. The van der Waals surface area contributed by atoms with E-state index in [4.69, 9.17) is 16.4 Å². The van der Waals surface area contributed by atoms with E-state index >= 15 is 0 Å². The monoisotopic (exact) mass is 453 g/mol. The third kappa shape index (κ3) is 4.78. The number of nitrogens with one attached hydrogen (secondary N) is 1. The standard InChI is InChI=1S/C19H24ClN5O2S2/c1-28-19-23-22-17(25(19)12-5-2-3-6-12)7-4-10-21-18(26)14-11-13(24-27-14)15-8-9-16(20)29-15/h8-9,12,14H,2-7,10-11H2,1H3,(H,21,26). The van der Waals surface area contributed by atoms with Gasteiger partial charge in [0.25, 0.3) is 5.91 Å². The lowest BCUT2D eigenvalue weighted by Gasteiger charge is -2.16. The molecule has 1 unspecified atom stereocenters. The zero-order chi connectivity index (χ0) is 20.2. The molecule has 10 heteroatoms. The van der Waals surface area contributed by atoms with E-state index < -0.39 is 6.10 Å². The molecule has 1 amide bonds. The second kappa shape index (κ2) is 9.49. The number of thiophene rings is 1. The Morgan fingerprint density at radius 1 is 1.38 bits per heavy atom. The summed E-state index contributed by atoms with van der Waals surface area (Å²) in [6.07, 6.45) is 8.49. The molecule has 1 N–H and O–H groups in total. The number of thioether (sulfide) groups is 1. The first-order chi connectivity index (χ1) is 14.2. The van der Waals surface area contributed by atoms with Gasteiger partial charge in [0.15, 0.2) is 5.16 Å². The van der Waals surface area contributed by atoms with E-state index in [9.17, 15) is 4.79 Å². The maximum absolute atomic E-state index is 12.4. The van der Waals surface area contributed by atoms with E-state index in [1.54, 1.807) is 11.8 Å². The van der Waals surface area contributed by atoms with Crippen LogP contribution in [0.5, 0.6) is 0 Å². The highest BCUT2D eigenvalue weighted by molar-refractivity contribution is 7.98. The number of hydrogen-bond acceptors (Lipinski definition) is 7. The van der Waals surface area contributed by atoms with Gasteiger partial charge in [0, 0.05) is 25.4 Å². The van der Waals surface area contributed by atoms with Gasteiger partial charge in [-0.05, 0) is 37.7 Å². The zero-order valence-electron chi connectivity index (χ0n) is 16.3. The van der Waals surface area contributed by atoms with Gasteiger partial charge >= 0.3 is 0 Å². The largest absolute Gasteiger partial charge is 0.382 e. The number of aryl methyl sites for hydroxylation is 1. The molecular weight excluding hydrogens is 430 g/mol. The van der Waals surface area contributed by atoms with Crippen molar-refractivity contribution in [2.24, 2.45) is 5.16 Å². The van der Waals surface area contributed by atoms with E-state index in [1.165, 1.54) is 37.0 Å². The molecule has 7 nitrogen and oxygen atoms in total. The second-order valence-electron chi connectivity index (χ2n) is 7.25. The van der Waals surface area contributed by atoms with Crippen molar-refractivity contribution in [1.82, 2.24) is 20.1 Å². The van der Waals surface area contributed by atoms with Crippen LogP contribution in [0.3, 0.4) is 0 Å². The normalized spacial score (nSPS) is 19.4. The van der Waals surface area contributed by atoms with E-state index in [-0.39, 0.29) is 5.91 Å². The summed E-state index contributed by atoms with van der Waals surface area (Å²) in [5.41, 5.74) is 0.774. The third-order valence-electron chi connectivity index (χ3n) is 5.30. The number of aromatic nitrogens is 3. The number of halogens is 1. The minimum Gasteiger partial charge on any atom is -0.382 e. The lowest BCUT2D eigenvalue weighted by Crippen LogP contribution is -2.35. The van der Waals surface area contributed by atoms with Crippen LogP contribution in [0.25, 0.3) is 0 Å². The first-order valence-corrected chi connectivity index (χ1v) is 12.3. The van der Waals surface area contributed by atoms with Crippen molar-refractivity contribution in [2.75, 3.05) is 12.8 Å². The summed E-state index contributed by atoms with van der Waals surface area (Å²) in [6, 6.07) is 4.24. The molecule has 1 saturated carbocycles. The van der Waals surface area contributed by atoms with Crippen LogP contribution < -0.4 is 5.32 Å². The van der Waals surface area contributed by atoms with Crippen LogP contribution in [0.1, 0.15) is 55.3 Å². The third-order valence-corrected chi connectivity index (χ3v) is 7.23. The maximum Gasteiger partial charge on any atom is 0.264 e. The predicted molar refractivity (Wildman–Crippen MR) is 116 cm³/mol. The van der Waals surface area contributed by atoms with Crippen molar-refractivity contribution < 1.29 is 9.63 Å². The number of oxime groups is 1.